The van der Waals surface area contributed by atoms with E-state index in [1.807, 2.05) is 27.7 Å². The fourth-order valence-electron chi connectivity index (χ4n) is 2.52. The number of ether oxygens (including phenoxy) is 1. The average molecular weight is 291 g/mol. The molecule has 1 N–H and O–H groups in total. The Morgan fingerprint density at radius 2 is 1.90 bits per heavy atom. The third kappa shape index (κ3) is 3.35. The maximum absolute atomic E-state index is 12.1. The second kappa shape index (κ2) is 5.39. The van der Waals surface area contributed by atoms with Gasteiger partial charge >= 0.3 is 12.1 Å². The number of aromatic carboxylic acids is 1. The van der Waals surface area contributed by atoms with Crippen molar-refractivity contribution in [3.8, 4) is 0 Å². The maximum Gasteiger partial charge on any atom is 0.410 e. The summed E-state index contributed by atoms with van der Waals surface area (Å²) in [4.78, 5) is 25.1. The Bertz CT molecular complexity index is 587. The molecule has 21 heavy (non-hydrogen) atoms. The minimum Gasteiger partial charge on any atom is -0.478 e. The Balaban J connectivity index is 2.27. The van der Waals surface area contributed by atoms with Crippen molar-refractivity contribution in [2.75, 3.05) is 6.54 Å². The number of benzene rings is 1. The van der Waals surface area contributed by atoms with Gasteiger partial charge < -0.3 is 14.7 Å². The van der Waals surface area contributed by atoms with Gasteiger partial charge in [0.25, 0.3) is 0 Å². The Morgan fingerprint density at radius 1 is 1.24 bits per heavy atom. The summed E-state index contributed by atoms with van der Waals surface area (Å²) in [6.07, 6.45) is 0.186. The van der Waals surface area contributed by atoms with Crippen molar-refractivity contribution >= 4 is 12.1 Å². The van der Waals surface area contributed by atoms with Crippen LogP contribution < -0.4 is 0 Å². The summed E-state index contributed by atoms with van der Waals surface area (Å²) in [5.41, 5.74) is 2.56. The number of rotatable bonds is 1. The van der Waals surface area contributed by atoms with E-state index in [-0.39, 0.29) is 6.09 Å². The summed E-state index contributed by atoms with van der Waals surface area (Å²) in [5, 5.41) is 9.25. The summed E-state index contributed by atoms with van der Waals surface area (Å²) in [5.74, 6) is -0.919. The van der Waals surface area contributed by atoms with Gasteiger partial charge in [-0.1, -0.05) is 6.07 Å². The van der Waals surface area contributed by atoms with E-state index in [1.165, 1.54) is 0 Å². The van der Waals surface area contributed by atoms with Crippen molar-refractivity contribution in [3.05, 3.63) is 34.4 Å². The van der Waals surface area contributed by atoms with E-state index in [2.05, 4.69) is 0 Å². The highest BCUT2D eigenvalue weighted by atomic mass is 16.6. The zero-order valence-electron chi connectivity index (χ0n) is 12.9. The van der Waals surface area contributed by atoms with Gasteiger partial charge in [0, 0.05) is 13.1 Å². The lowest BCUT2D eigenvalue weighted by Crippen LogP contribution is -2.40. The maximum atomic E-state index is 12.1. The predicted octanol–water partition coefficient (Wildman–Crippen LogP) is 2.99. The topological polar surface area (TPSA) is 66.8 Å². The number of carbonyl (C=O) groups excluding carboxylic acids is 1. The third-order valence-corrected chi connectivity index (χ3v) is 3.53. The van der Waals surface area contributed by atoms with Crippen LogP contribution in [0, 0.1) is 6.92 Å². The van der Waals surface area contributed by atoms with Crippen molar-refractivity contribution in [2.45, 2.75) is 46.3 Å². The molecule has 0 aromatic heterocycles. The first-order valence-electron chi connectivity index (χ1n) is 7.01. The van der Waals surface area contributed by atoms with Crippen molar-refractivity contribution in [1.82, 2.24) is 4.90 Å². The highest BCUT2D eigenvalue weighted by molar-refractivity contribution is 5.90. The Morgan fingerprint density at radius 3 is 2.48 bits per heavy atom. The molecule has 1 amide bonds. The molecular formula is C16H21NO4. The number of carboxylic acids is 1. The Labute approximate surface area is 124 Å². The van der Waals surface area contributed by atoms with Crippen LogP contribution in [-0.4, -0.2) is 34.2 Å². The van der Waals surface area contributed by atoms with Crippen LogP contribution in [0.4, 0.5) is 4.79 Å². The standard InChI is InChI=1S/C16H21NO4/c1-10-5-6-12(14(18)19)11-7-8-17(9-13(10)11)15(20)21-16(2,3)4/h5-6H,7-9H2,1-4H3,(H,18,19). The molecule has 1 aliphatic heterocycles. The number of carbonyl (C=O) groups is 2. The van der Waals surface area contributed by atoms with Crippen molar-refractivity contribution in [3.63, 3.8) is 0 Å². The van der Waals surface area contributed by atoms with Crippen LogP contribution in [0.3, 0.4) is 0 Å². The zero-order chi connectivity index (χ0) is 15.8. The molecule has 5 heteroatoms. The molecule has 0 unspecified atom stereocenters. The monoisotopic (exact) mass is 291 g/mol. The lowest BCUT2D eigenvalue weighted by atomic mass is 9.91. The summed E-state index contributed by atoms with van der Waals surface area (Å²) in [7, 11) is 0. The van der Waals surface area contributed by atoms with Crippen LogP contribution in [0.15, 0.2) is 12.1 Å². The fourth-order valence-corrected chi connectivity index (χ4v) is 2.52. The SMILES string of the molecule is Cc1ccc(C(=O)O)c2c1CN(C(=O)OC(C)(C)C)CC2. The largest absolute Gasteiger partial charge is 0.478 e. The highest BCUT2D eigenvalue weighted by Gasteiger charge is 2.28. The first-order chi connectivity index (χ1) is 9.69. The Hall–Kier alpha value is -2.04. The number of aryl methyl sites for hydroxylation is 1. The molecule has 1 aliphatic rings. The molecule has 114 valence electrons. The van der Waals surface area contributed by atoms with Gasteiger partial charge in [0.05, 0.1) is 5.56 Å². The van der Waals surface area contributed by atoms with Crippen LogP contribution in [0.25, 0.3) is 0 Å². The lowest BCUT2D eigenvalue weighted by Gasteiger charge is -2.32. The summed E-state index contributed by atoms with van der Waals surface area (Å²) in [6, 6.07) is 3.43. The van der Waals surface area contributed by atoms with Gasteiger partial charge in [-0.15, -0.1) is 0 Å². The molecule has 1 heterocycles. The quantitative estimate of drug-likeness (QED) is 0.863. The number of hydrogen-bond donors (Lipinski definition) is 1. The minimum atomic E-state index is -0.919. The van der Waals surface area contributed by atoms with Crippen molar-refractivity contribution in [2.24, 2.45) is 0 Å². The predicted molar refractivity (Wildman–Crippen MR) is 78.5 cm³/mol. The second-order valence-corrected chi connectivity index (χ2v) is 6.34. The second-order valence-electron chi connectivity index (χ2n) is 6.34. The molecule has 0 bridgehead atoms. The van der Waals surface area contributed by atoms with Crippen LogP contribution in [0.1, 0.15) is 47.8 Å². The van der Waals surface area contributed by atoms with Gasteiger partial charge in [0.1, 0.15) is 5.60 Å². The summed E-state index contributed by atoms with van der Waals surface area (Å²) in [6.45, 7) is 8.30. The normalized spacial score (nSPS) is 14.6. The average Bonchev–Trinajstić information content (AvgIpc) is 2.36. The van der Waals surface area contributed by atoms with Crippen molar-refractivity contribution < 1.29 is 19.4 Å². The number of nitrogens with zero attached hydrogens (tertiary/aromatic N) is 1. The van der Waals surface area contributed by atoms with Crippen LogP contribution >= 0.6 is 0 Å². The van der Waals surface area contributed by atoms with Crippen LogP contribution in [0.2, 0.25) is 0 Å². The summed E-state index contributed by atoms with van der Waals surface area (Å²) < 4.78 is 5.38. The molecule has 0 aliphatic carbocycles. The highest BCUT2D eigenvalue weighted by Crippen LogP contribution is 2.27. The van der Waals surface area contributed by atoms with Crippen molar-refractivity contribution in [1.29, 1.82) is 0 Å². The molecule has 0 atom stereocenters. The van der Waals surface area contributed by atoms with Crippen LogP contribution in [0.5, 0.6) is 0 Å². The zero-order valence-corrected chi connectivity index (χ0v) is 12.9. The van der Waals surface area contributed by atoms with E-state index in [4.69, 9.17) is 4.74 Å². The van der Waals surface area contributed by atoms with E-state index >= 15 is 0 Å². The fraction of sp³-hybridized carbons (Fsp3) is 0.500. The summed E-state index contributed by atoms with van der Waals surface area (Å²) >= 11 is 0. The number of fused-ring (bicyclic) bond motifs is 1. The van der Waals surface area contributed by atoms with Gasteiger partial charge in [-0.05, 0) is 56.9 Å². The number of amides is 1. The molecule has 0 saturated heterocycles. The van der Waals surface area contributed by atoms with E-state index in [9.17, 15) is 14.7 Å². The molecule has 5 nitrogen and oxygen atoms in total. The molecule has 0 fully saturated rings. The smallest absolute Gasteiger partial charge is 0.410 e. The molecule has 0 radical (unpaired) electrons. The minimum absolute atomic E-state index is 0.333. The number of hydrogen-bond acceptors (Lipinski definition) is 3. The Kier molecular flexibility index (Phi) is 3.94. The molecule has 1 aromatic rings. The van der Waals surface area contributed by atoms with Gasteiger partial charge in [0.2, 0.25) is 0 Å². The van der Waals surface area contributed by atoms with E-state index in [1.54, 1.807) is 17.0 Å². The first kappa shape index (κ1) is 15.4. The van der Waals surface area contributed by atoms with E-state index < -0.39 is 11.6 Å². The lowest BCUT2D eigenvalue weighted by molar-refractivity contribution is 0.0223. The van der Waals surface area contributed by atoms with E-state index in [0.29, 0.717) is 25.1 Å². The van der Waals surface area contributed by atoms with Crippen LogP contribution in [-0.2, 0) is 17.7 Å². The molecule has 2 rings (SSSR count). The molecule has 1 aromatic carbocycles. The van der Waals surface area contributed by atoms with Gasteiger partial charge in [-0.25, -0.2) is 9.59 Å². The van der Waals surface area contributed by atoms with Gasteiger partial charge in [-0.3, -0.25) is 0 Å². The van der Waals surface area contributed by atoms with Gasteiger partial charge in [0.15, 0.2) is 0 Å². The third-order valence-electron chi connectivity index (χ3n) is 3.53. The molecular weight excluding hydrogens is 270 g/mol. The molecule has 0 saturated carbocycles. The number of carboxylic acid groups (broad SMARTS) is 1. The van der Waals surface area contributed by atoms with Gasteiger partial charge in [-0.2, -0.15) is 0 Å². The molecule has 0 spiro atoms. The first-order valence-corrected chi connectivity index (χ1v) is 7.01. The van der Waals surface area contributed by atoms with E-state index in [0.717, 1.165) is 16.7 Å².